The Hall–Kier alpha value is -1.97. The molecular formula is C23H37NO3. The molecule has 4 heteroatoms. The molecule has 1 N–H and O–H groups in total. The number of ether oxygens (including phenoxy) is 2. The normalized spacial score (nSPS) is 11.8. The Morgan fingerprint density at radius 3 is 2.59 bits per heavy atom. The minimum atomic E-state index is -0.243. The van der Waals surface area contributed by atoms with E-state index in [9.17, 15) is 4.79 Å². The molecule has 0 fully saturated rings. The predicted octanol–water partition coefficient (Wildman–Crippen LogP) is 5.65. The summed E-state index contributed by atoms with van der Waals surface area (Å²) in [7, 11) is 1.64. The molecule has 1 aromatic carbocycles. The lowest BCUT2D eigenvalue weighted by Gasteiger charge is -2.26. The van der Waals surface area contributed by atoms with E-state index in [-0.39, 0.29) is 11.5 Å². The van der Waals surface area contributed by atoms with Crippen LogP contribution in [0.3, 0.4) is 0 Å². The van der Waals surface area contributed by atoms with E-state index in [0.29, 0.717) is 24.6 Å². The van der Waals surface area contributed by atoms with Crippen molar-refractivity contribution in [3.8, 4) is 11.5 Å². The summed E-state index contributed by atoms with van der Waals surface area (Å²) in [6.45, 7) is 11.0. The van der Waals surface area contributed by atoms with E-state index in [4.69, 9.17) is 9.47 Å². The Bertz CT molecular complexity index is 606. The number of nitrogens with one attached hydrogen (secondary N) is 1. The van der Waals surface area contributed by atoms with Crippen LogP contribution in [-0.4, -0.2) is 18.6 Å². The van der Waals surface area contributed by atoms with E-state index in [2.05, 4.69) is 52.1 Å². The van der Waals surface area contributed by atoms with Gasteiger partial charge in [0.1, 0.15) is 5.60 Å². The smallest absolute Gasteiger partial charge is 0.220 e. The molecule has 27 heavy (non-hydrogen) atoms. The van der Waals surface area contributed by atoms with E-state index in [1.54, 1.807) is 7.11 Å². The Morgan fingerprint density at radius 1 is 1.22 bits per heavy atom. The third-order valence-corrected chi connectivity index (χ3v) is 4.50. The summed E-state index contributed by atoms with van der Waals surface area (Å²) in [5.41, 5.74) is 0.759. The quantitative estimate of drug-likeness (QED) is 0.379. The molecule has 0 aromatic heterocycles. The van der Waals surface area contributed by atoms with Gasteiger partial charge in [0.2, 0.25) is 5.91 Å². The van der Waals surface area contributed by atoms with Crippen LogP contribution in [0.1, 0.15) is 72.3 Å². The molecule has 0 unspecified atom stereocenters. The summed E-state index contributed by atoms with van der Waals surface area (Å²) in [6.07, 6.45) is 8.89. The molecular weight excluding hydrogens is 338 g/mol. The largest absolute Gasteiger partial charge is 0.493 e. The van der Waals surface area contributed by atoms with Crippen molar-refractivity contribution in [2.45, 2.75) is 78.9 Å². The third kappa shape index (κ3) is 9.50. The van der Waals surface area contributed by atoms with Crippen molar-refractivity contribution in [2.75, 3.05) is 7.11 Å². The maximum atomic E-state index is 12.0. The Labute approximate surface area is 165 Å². The van der Waals surface area contributed by atoms with Gasteiger partial charge < -0.3 is 14.8 Å². The van der Waals surface area contributed by atoms with E-state index in [1.807, 2.05) is 18.2 Å². The fourth-order valence-electron chi connectivity index (χ4n) is 2.48. The van der Waals surface area contributed by atoms with Gasteiger partial charge in [-0.05, 0) is 63.1 Å². The minimum absolute atomic E-state index is 0.0919. The topological polar surface area (TPSA) is 47.6 Å². The molecule has 0 aliphatic carbocycles. The molecule has 0 radical (unpaired) electrons. The average Bonchev–Trinajstić information content (AvgIpc) is 2.63. The molecule has 4 nitrogen and oxygen atoms in total. The Morgan fingerprint density at radius 2 is 1.96 bits per heavy atom. The van der Waals surface area contributed by atoms with Gasteiger partial charge in [0.15, 0.2) is 11.5 Å². The van der Waals surface area contributed by atoms with Crippen molar-refractivity contribution < 1.29 is 14.3 Å². The fraction of sp³-hybridized carbons (Fsp3) is 0.609. The SMILES string of the molecule is CCC(C)(C)Oc1ccc(CNC(=O)CCCC/C=C\C(C)C)cc1OC. The minimum Gasteiger partial charge on any atom is -0.493 e. The number of amides is 1. The summed E-state index contributed by atoms with van der Waals surface area (Å²) in [6, 6.07) is 5.82. The number of hydrogen-bond donors (Lipinski definition) is 1. The molecule has 0 aliphatic rings. The van der Waals surface area contributed by atoms with E-state index in [1.165, 1.54) is 0 Å². The van der Waals surface area contributed by atoms with Crippen LogP contribution in [-0.2, 0) is 11.3 Å². The summed E-state index contributed by atoms with van der Waals surface area (Å²) >= 11 is 0. The number of allylic oxidation sites excluding steroid dienone is 2. The van der Waals surface area contributed by atoms with Gasteiger partial charge >= 0.3 is 0 Å². The van der Waals surface area contributed by atoms with Gasteiger partial charge in [-0.2, -0.15) is 0 Å². The number of benzene rings is 1. The van der Waals surface area contributed by atoms with E-state index >= 15 is 0 Å². The van der Waals surface area contributed by atoms with Crippen LogP contribution in [0.4, 0.5) is 0 Å². The van der Waals surface area contributed by atoms with Crippen molar-refractivity contribution in [1.82, 2.24) is 5.32 Å². The van der Waals surface area contributed by atoms with Crippen LogP contribution < -0.4 is 14.8 Å². The fourth-order valence-corrected chi connectivity index (χ4v) is 2.48. The summed E-state index contributed by atoms with van der Waals surface area (Å²) in [4.78, 5) is 12.0. The summed E-state index contributed by atoms with van der Waals surface area (Å²) in [5, 5.41) is 2.98. The predicted molar refractivity (Wildman–Crippen MR) is 112 cm³/mol. The van der Waals surface area contributed by atoms with Gasteiger partial charge in [-0.15, -0.1) is 0 Å². The van der Waals surface area contributed by atoms with Crippen molar-refractivity contribution in [1.29, 1.82) is 0 Å². The zero-order chi connectivity index (χ0) is 20.3. The molecule has 0 saturated heterocycles. The van der Waals surface area contributed by atoms with Crippen LogP contribution in [0.25, 0.3) is 0 Å². The molecule has 0 aliphatic heterocycles. The molecule has 0 spiro atoms. The van der Waals surface area contributed by atoms with E-state index in [0.717, 1.165) is 37.0 Å². The second kappa shape index (κ2) is 11.7. The second-order valence-electron chi connectivity index (χ2n) is 7.90. The zero-order valence-corrected chi connectivity index (χ0v) is 17.9. The average molecular weight is 376 g/mol. The lowest BCUT2D eigenvalue weighted by molar-refractivity contribution is -0.121. The highest BCUT2D eigenvalue weighted by molar-refractivity contribution is 5.75. The van der Waals surface area contributed by atoms with Crippen molar-refractivity contribution in [3.05, 3.63) is 35.9 Å². The lowest BCUT2D eigenvalue weighted by atomic mass is 10.1. The number of hydrogen-bond acceptors (Lipinski definition) is 3. The van der Waals surface area contributed by atoms with Crippen molar-refractivity contribution >= 4 is 5.91 Å². The maximum Gasteiger partial charge on any atom is 0.220 e. The number of unbranched alkanes of at least 4 members (excludes halogenated alkanes) is 2. The molecule has 1 rings (SSSR count). The zero-order valence-electron chi connectivity index (χ0n) is 17.9. The highest BCUT2D eigenvalue weighted by Gasteiger charge is 2.19. The maximum absolute atomic E-state index is 12.0. The first-order valence-electron chi connectivity index (χ1n) is 10.1. The highest BCUT2D eigenvalue weighted by Crippen LogP contribution is 2.32. The van der Waals surface area contributed by atoms with Crippen LogP contribution in [0.5, 0.6) is 11.5 Å². The third-order valence-electron chi connectivity index (χ3n) is 4.50. The molecule has 1 aromatic rings. The molecule has 0 saturated carbocycles. The first-order chi connectivity index (χ1) is 12.8. The number of rotatable bonds is 12. The monoisotopic (exact) mass is 375 g/mol. The molecule has 1 amide bonds. The van der Waals surface area contributed by atoms with Crippen LogP contribution in [0.15, 0.2) is 30.4 Å². The van der Waals surface area contributed by atoms with Crippen LogP contribution >= 0.6 is 0 Å². The van der Waals surface area contributed by atoms with Gasteiger partial charge in [-0.25, -0.2) is 0 Å². The molecule has 0 heterocycles. The van der Waals surface area contributed by atoms with Gasteiger partial charge in [-0.1, -0.05) is 39.0 Å². The second-order valence-corrected chi connectivity index (χ2v) is 7.90. The van der Waals surface area contributed by atoms with Gasteiger partial charge in [0.05, 0.1) is 7.11 Å². The van der Waals surface area contributed by atoms with Crippen LogP contribution in [0.2, 0.25) is 0 Å². The molecule has 0 atom stereocenters. The standard InChI is InChI=1S/C23H37NO3/c1-7-23(4,5)27-20-15-14-19(16-21(20)26-6)17-24-22(25)13-11-9-8-10-12-18(2)3/h10,12,14-16,18H,7-9,11,13,17H2,1-6H3,(H,24,25)/b12-10-. The van der Waals surface area contributed by atoms with Gasteiger partial charge in [-0.3, -0.25) is 4.79 Å². The lowest BCUT2D eigenvalue weighted by Crippen LogP contribution is -2.27. The number of methoxy groups -OCH3 is 1. The van der Waals surface area contributed by atoms with Crippen molar-refractivity contribution in [2.24, 2.45) is 5.92 Å². The highest BCUT2D eigenvalue weighted by atomic mass is 16.5. The first-order valence-corrected chi connectivity index (χ1v) is 10.1. The van der Waals surface area contributed by atoms with Gasteiger partial charge in [0.25, 0.3) is 0 Å². The van der Waals surface area contributed by atoms with E-state index < -0.39 is 0 Å². The van der Waals surface area contributed by atoms with Crippen molar-refractivity contribution in [3.63, 3.8) is 0 Å². The summed E-state index contributed by atoms with van der Waals surface area (Å²) < 4.78 is 11.5. The summed E-state index contributed by atoms with van der Waals surface area (Å²) in [5.74, 6) is 2.11. The molecule has 152 valence electrons. The van der Waals surface area contributed by atoms with Crippen LogP contribution in [0, 0.1) is 5.92 Å². The first kappa shape index (κ1) is 23.1. The molecule has 0 bridgehead atoms. The van der Waals surface area contributed by atoms with Gasteiger partial charge in [0, 0.05) is 13.0 Å². The number of carbonyl (C=O) groups is 1. The number of carbonyl (C=O) groups excluding carboxylic acids is 1. The Balaban J connectivity index is 2.44. The Kier molecular flexibility index (Phi) is 9.98.